The standard InChI is InChI=1S/C8H6ClFO3/c1-13-6-2-5(10)7(9)4(3-11)8(6)12/h2-3,12H,1H3. The molecule has 0 atom stereocenters. The normalized spacial score (nSPS) is 9.77. The van der Waals surface area contributed by atoms with E-state index >= 15 is 0 Å². The molecule has 0 fully saturated rings. The first-order valence-corrected chi connectivity index (χ1v) is 3.69. The zero-order valence-corrected chi connectivity index (χ0v) is 7.43. The van der Waals surface area contributed by atoms with Gasteiger partial charge in [-0.1, -0.05) is 11.6 Å². The van der Waals surface area contributed by atoms with Crippen LogP contribution in [0.4, 0.5) is 4.39 Å². The van der Waals surface area contributed by atoms with E-state index < -0.39 is 16.6 Å². The lowest BCUT2D eigenvalue weighted by Crippen LogP contribution is -1.92. The van der Waals surface area contributed by atoms with Gasteiger partial charge in [-0.05, 0) is 0 Å². The fourth-order valence-electron chi connectivity index (χ4n) is 0.875. The summed E-state index contributed by atoms with van der Waals surface area (Å²) in [6.07, 6.45) is 0.267. The van der Waals surface area contributed by atoms with Gasteiger partial charge in [0.2, 0.25) is 0 Å². The summed E-state index contributed by atoms with van der Waals surface area (Å²) in [5.74, 6) is -1.38. The number of hydrogen-bond donors (Lipinski definition) is 1. The average Bonchev–Trinajstić information content (AvgIpc) is 2.12. The number of phenols is 1. The third kappa shape index (κ3) is 1.58. The molecular formula is C8H6ClFO3. The summed E-state index contributed by atoms with van der Waals surface area (Å²) >= 11 is 5.41. The van der Waals surface area contributed by atoms with E-state index in [2.05, 4.69) is 4.74 Å². The number of rotatable bonds is 2. The fraction of sp³-hybridized carbons (Fsp3) is 0.125. The lowest BCUT2D eigenvalue weighted by atomic mass is 10.2. The zero-order chi connectivity index (χ0) is 10.0. The third-order valence-corrected chi connectivity index (χ3v) is 1.91. The topological polar surface area (TPSA) is 46.5 Å². The zero-order valence-electron chi connectivity index (χ0n) is 6.67. The highest BCUT2D eigenvalue weighted by Gasteiger charge is 2.16. The van der Waals surface area contributed by atoms with Crippen LogP contribution >= 0.6 is 11.6 Å². The van der Waals surface area contributed by atoms with Gasteiger partial charge in [-0.3, -0.25) is 4.79 Å². The molecule has 1 aromatic carbocycles. The summed E-state index contributed by atoms with van der Waals surface area (Å²) < 4.78 is 17.5. The largest absolute Gasteiger partial charge is 0.504 e. The van der Waals surface area contributed by atoms with Crippen LogP contribution in [0.15, 0.2) is 6.07 Å². The van der Waals surface area contributed by atoms with E-state index in [1.807, 2.05) is 0 Å². The molecule has 0 bridgehead atoms. The van der Waals surface area contributed by atoms with Crippen molar-refractivity contribution in [1.29, 1.82) is 0 Å². The second kappa shape index (κ2) is 3.62. The van der Waals surface area contributed by atoms with Gasteiger partial charge in [0.25, 0.3) is 0 Å². The first-order chi connectivity index (χ1) is 6.11. The SMILES string of the molecule is COc1cc(F)c(Cl)c(C=O)c1O. The molecule has 1 rings (SSSR count). The summed E-state index contributed by atoms with van der Waals surface area (Å²) in [5, 5.41) is 8.88. The van der Waals surface area contributed by atoms with Gasteiger partial charge < -0.3 is 9.84 Å². The number of carbonyl (C=O) groups is 1. The number of aromatic hydroxyl groups is 1. The van der Waals surface area contributed by atoms with Crippen molar-refractivity contribution in [2.75, 3.05) is 7.11 Å². The summed E-state index contributed by atoms with van der Waals surface area (Å²) in [7, 11) is 1.25. The Morgan fingerprint density at radius 2 is 2.31 bits per heavy atom. The van der Waals surface area contributed by atoms with Crippen LogP contribution < -0.4 is 4.74 Å². The molecule has 13 heavy (non-hydrogen) atoms. The van der Waals surface area contributed by atoms with Gasteiger partial charge >= 0.3 is 0 Å². The molecule has 0 saturated heterocycles. The van der Waals surface area contributed by atoms with Crippen LogP contribution in [0.25, 0.3) is 0 Å². The van der Waals surface area contributed by atoms with Crippen LogP contribution in [0.3, 0.4) is 0 Å². The van der Waals surface area contributed by atoms with E-state index in [0.717, 1.165) is 6.07 Å². The summed E-state index contributed by atoms with van der Waals surface area (Å²) in [6.45, 7) is 0. The van der Waals surface area contributed by atoms with E-state index in [0.29, 0.717) is 0 Å². The van der Waals surface area contributed by atoms with E-state index in [4.69, 9.17) is 11.6 Å². The molecule has 0 aliphatic carbocycles. The summed E-state index contributed by atoms with van der Waals surface area (Å²) in [6, 6.07) is 0.907. The molecule has 0 heterocycles. The Morgan fingerprint density at radius 1 is 1.69 bits per heavy atom. The molecule has 5 heteroatoms. The van der Waals surface area contributed by atoms with Crippen molar-refractivity contribution >= 4 is 17.9 Å². The fourth-order valence-corrected chi connectivity index (χ4v) is 1.06. The Hall–Kier alpha value is -1.29. The molecule has 0 aliphatic rings. The molecule has 0 unspecified atom stereocenters. The molecule has 70 valence electrons. The monoisotopic (exact) mass is 204 g/mol. The predicted molar refractivity (Wildman–Crippen MR) is 45.0 cm³/mol. The number of aldehydes is 1. The minimum atomic E-state index is -0.807. The number of hydrogen-bond acceptors (Lipinski definition) is 3. The number of benzene rings is 1. The lowest BCUT2D eigenvalue weighted by molar-refractivity contribution is 0.112. The minimum absolute atomic E-state index is 0.121. The van der Waals surface area contributed by atoms with Gasteiger partial charge in [-0.25, -0.2) is 4.39 Å². The van der Waals surface area contributed by atoms with Crippen LogP contribution in [0.5, 0.6) is 11.5 Å². The number of phenolic OH excluding ortho intramolecular Hbond substituents is 1. The van der Waals surface area contributed by atoms with Crippen LogP contribution in [-0.2, 0) is 0 Å². The molecule has 1 aromatic rings. The van der Waals surface area contributed by atoms with Crippen LogP contribution in [0.2, 0.25) is 5.02 Å². The molecule has 0 radical (unpaired) electrons. The van der Waals surface area contributed by atoms with E-state index in [9.17, 15) is 14.3 Å². The van der Waals surface area contributed by atoms with Crippen LogP contribution in [0.1, 0.15) is 10.4 Å². The van der Waals surface area contributed by atoms with Crippen molar-refractivity contribution in [3.05, 3.63) is 22.5 Å². The summed E-state index contributed by atoms with van der Waals surface area (Å²) in [5.41, 5.74) is -0.307. The van der Waals surface area contributed by atoms with Crippen LogP contribution in [0, 0.1) is 5.82 Å². The Bertz CT molecular complexity index is 352. The van der Waals surface area contributed by atoms with Gasteiger partial charge in [-0.15, -0.1) is 0 Å². The first-order valence-electron chi connectivity index (χ1n) is 3.32. The minimum Gasteiger partial charge on any atom is -0.504 e. The van der Waals surface area contributed by atoms with Gasteiger partial charge in [0.15, 0.2) is 17.8 Å². The Labute approximate surface area is 78.7 Å². The molecule has 0 aromatic heterocycles. The highest BCUT2D eigenvalue weighted by Crippen LogP contribution is 2.35. The maximum atomic E-state index is 12.9. The van der Waals surface area contributed by atoms with Crippen molar-refractivity contribution in [2.24, 2.45) is 0 Å². The molecule has 1 N–H and O–H groups in total. The molecule has 0 spiro atoms. The highest BCUT2D eigenvalue weighted by molar-refractivity contribution is 6.33. The van der Waals surface area contributed by atoms with Gasteiger partial charge in [0.05, 0.1) is 17.7 Å². The van der Waals surface area contributed by atoms with Gasteiger partial charge in [0.1, 0.15) is 5.82 Å². The number of carbonyl (C=O) groups excluding carboxylic acids is 1. The van der Waals surface area contributed by atoms with E-state index in [1.54, 1.807) is 0 Å². The average molecular weight is 205 g/mol. The summed E-state index contributed by atoms with van der Waals surface area (Å²) in [4.78, 5) is 10.4. The number of halogens is 2. The maximum absolute atomic E-state index is 12.9. The smallest absolute Gasteiger partial charge is 0.170 e. The van der Waals surface area contributed by atoms with Gasteiger partial charge in [0, 0.05) is 6.07 Å². The number of ether oxygens (including phenoxy) is 1. The molecule has 0 aliphatic heterocycles. The molecule has 0 saturated carbocycles. The van der Waals surface area contributed by atoms with Crippen molar-refractivity contribution in [1.82, 2.24) is 0 Å². The Morgan fingerprint density at radius 3 is 2.77 bits per heavy atom. The van der Waals surface area contributed by atoms with Crippen molar-refractivity contribution in [3.63, 3.8) is 0 Å². The van der Waals surface area contributed by atoms with Crippen LogP contribution in [-0.4, -0.2) is 18.5 Å². The van der Waals surface area contributed by atoms with Gasteiger partial charge in [-0.2, -0.15) is 0 Å². The van der Waals surface area contributed by atoms with Crippen molar-refractivity contribution in [3.8, 4) is 11.5 Å². The second-order valence-corrected chi connectivity index (χ2v) is 2.63. The van der Waals surface area contributed by atoms with E-state index in [1.165, 1.54) is 7.11 Å². The molecular weight excluding hydrogens is 199 g/mol. The third-order valence-electron chi connectivity index (χ3n) is 1.53. The highest BCUT2D eigenvalue weighted by atomic mass is 35.5. The number of methoxy groups -OCH3 is 1. The predicted octanol–water partition coefficient (Wildman–Crippen LogP) is 2.01. The van der Waals surface area contributed by atoms with Crippen molar-refractivity contribution in [2.45, 2.75) is 0 Å². The Balaban J connectivity index is 3.47. The quantitative estimate of drug-likeness (QED) is 0.750. The maximum Gasteiger partial charge on any atom is 0.170 e. The molecule has 3 nitrogen and oxygen atoms in total. The van der Waals surface area contributed by atoms with E-state index in [-0.39, 0.29) is 17.6 Å². The Kier molecular flexibility index (Phi) is 2.72. The lowest BCUT2D eigenvalue weighted by Gasteiger charge is -2.06. The second-order valence-electron chi connectivity index (χ2n) is 2.25. The first kappa shape index (κ1) is 9.80. The molecule has 0 amide bonds. The van der Waals surface area contributed by atoms with Crippen molar-refractivity contribution < 1.29 is 19.0 Å².